The fourth-order valence-corrected chi connectivity index (χ4v) is 3.17. The number of ether oxygens (including phenoxy) is 2. The van der Waals surface area contributed by atoms with E-state index in [9.17, 15) is 0 Å². The third-order valence-corrected chi connectivity index (χ3v) is 4.09. The first kappa shape index (κ1) is 12.9. The Kier molecular flexibility index (Phi) is 3.50. The lowest BCUT2D eigenvalue weighted by Crippen LogP contribution is -2.45. The summed E-state index contributed by atoms with van der Waals surface area (Å²) in [6.45, 7) is 6.02. The Bertz CT molecular complexity index is 444. The van der Waals surface area contributed by atoms with E-state index in [0.29, 0.717) is 12.1 Å². The van der Waals surface area contributed by atoms with E-state index in [0.717, 1.165) is 38.2 Å². The Balaban J connectivity index is 1.71. The van der Waals surface area contributed by atoms with Gasteiger partial charge in [0.2, 0.25) is 0 Å². The van der Waals surface area contributed by atoms with Crippen LogP contribution in [0.5, 0.6) is 5.75 Å². The molecular formula is C16H23NO2. The molecular weight excluding hydrogens is 238 g/mol. The van der Waals surface area contributed by atoms with Gasteiger partial charge in [-0.2, -0.15) is 0 Å². The monoisotopic (exact) mass is 261 g/mol. The molecule has 0 radical (unpaired) electrons. The lowest BCUT2D eigenvalue weighted by atomic mass is 9.91. The SMILES string of the molecule is CC1(C)CC(NC2CCOc3ccccc32)CCO1. The number of rotatable bonds is 2. The van der Waals surface area contributed by atoms with E-state index in [-0.39, 0.29) is 5.60 Å². The molecule has 2 atom stereocenters. The number of nitrogens with one attached hydrogen (secondary N) is 1. The number of hydrogen-bond acceptors (Lipinski definition) is 3. The zero-order valence-corrected chi connectivity index (χ0v) is 11.8. The van der Waals surface area contributed by atoms with E-state index >= 15 is 0 Å². The van der Waals surface area contributed by atoms with Crippen LogP contribution in [0.25, 0.3) is 0 Å². The van der Waals surface area contributed by atoms with Crippen molar-refractivity contribution in [1.29, 1.82) is 0 Å². The second kappa shape index (κ2) is 5.14. The van der Waals surface area contributed by atoms with Gasteiger partial charge >= 0.3 is 0 Å². The molecule has 19 heavy (non-hydrogen) atoms. The second-order valence-electron chi connectivity index (χ2n) is 6.19. The quantitative estimate of drug-likeness (QED) is 0.887. The molecule has 1 aromatic rings. The summed E-state index contributed by atoms with van der Waals surface area (Å²) >= 11 is 0. The van der Waals surface area contributed by atoms with Crippen LogP contribution in [0.1, 0.15) is 44.7 Å². The van der Waals surface area contributed by atoms with Crippen molar-refractivity contribution in [2.45, 2.75) is 50.8 Å². The summed E-state index contributed by atoms with van der Waals surface area (Å²) in [4.78, 5) is 0. The molecule has 0 amide bonds. The summed E-state index contributed by atoms with van der Waals surface area (Å²) in [6, 6.07) is 9.34. The lowest BCUT2D eigenvalue weighted by molar-refractivity contribution is -0.0646. The number of hydrogen-bond donors (Lipinski definition) is 1. The Hall–Kier alpha value is -1.06. The van der Waals surface area contributed by atoms with E-state index in [1.807, 2.05) is 6.07 Å². The Morgan fingerprint density at radius 1 is 1.16 bits per heavy atom. The van der Waals surface area contributed by atoms with Crippen molar-refractivity contribution in [2.24, 2.45) is 0 Å². The molecule has 0 aromatic heterocycles. The highest BCUT2D eigenvalue weighted by Crippen LogP contribution is 2.33. The Morgan fingerprint density at radius 2 is 2.00 bits per heavy atom. The number of para-hydroxylation sites is 1. The van der Waals surface area contributed by atoms with Crippen LogP contribution in [-0.2, 0) is 4.74 Å². The van der Waals surface area contributed by atoms with Gasteiger partial charge in [0.1, 0.15) is 5.75 Å². The van der Waals surface area contributed by atoms with Gasteiger partial charge in [0.05, 0.1) is 12.2 Å². The molecule has 0 bridgehead atoms. The third kappa shape index (κ3) is 2.93. The summed E-state index contributed by atoms with van der Waals surface area (Å²) in [5.74, 6) is 1.04. The minimum absolute atomic E-state index is 0.000597. The van der Waals surface area contributed by atoms with Crippen LogP contribution >= 0.6 is 0 Å². The Labute approximate surface area is 115 Å². The molecule has 1 aromatic carbocycles. The predicted octanol–water partition coefficient (Wildman–Crippen LogP) is 3.06. The molecule has 2 heterocycles. The molecule has 2 unspecified atom stereocenters. The average Bonchev–Trinajstić information content (AvgIpc) is 2.38. The highest BCUT2D eigenvalue weighted by molar-refractivity contribution is 5.37. The van der Waals surface area contributed by atoms with Crippen LogP contribution in [-0.4, -0.2) is 24.9 Å². The van der Waals surface area contributed by atoms with Crippen molar-refractivity contribution in [3.05, 3.63) is 29.8 Å². The first-order chi connectivity index (χ1) is 9.14. The lowest BCUT2D eigenvalue weighted by Gasteiger charge is -2.38. The largest absolute Gasteiger partial charge is 0.493 e. The molecule has 0 aliphatic carbocycles. The van der Waals surface area contributed by atoms with Gasteiger partial charge in [0, 0.05) is 30.7 Å². The standard InChI is InChI=1S/C16H23NO2/c1-16(2)11-12(7-10-19-16)17-14-8-9-18-15-6-4-3-5-13(14)15/h3-6,12,14,17H,7-11H2,1-2H3. The molecule has 1 fully saturated rings. The van der Waals surface area contributed by atoms with Crippen LogP contribution < -0.4 is 10.1 Å². The van der Waals surface area contributed by atoms with Crippen molar-refractivity contribution < 1.29 is 9.47 Å². The summed E-state index contributed by atoms with van der Waals surface area (Å²) < 4.78 is 11.5. The number of fused-ring (bicyclic) bond motifs is 1. The topological polar surface area (TPSA) is 30.5 Å². The van der Waals surface area contributed by atoms with Gasteiger partial charge in [0.25, 0.3) is 0 Å². The van der Waals surface area contributed by atoms with Gasteiger partial charge in [0.15, 0.2) is 0 Å². The van der Waals surface area contributed by atoms with Crippen LogP contribution in [0.15, 0.2) is 24.3 Å². The van der Waals surface area contributed by atoms with Crippen LogP contribution in [0.4, 0.5) is 0 Å². The Morgan fingerprint density at radius 3 is 2.84 bits per heavy atom. The van der Waals surface area contributed by atoms with Gasteiger partial charge in [-0.25, -0.2) is 0 Å². The smallest absolute Gasteiger partial charge is 0.124 e. The fourth-order valence-electron chi connectivity index (χ4n) is 3.17. The van der Waals surface area contributed by atoms with E-state index < -0.39 is 0 Å². The fraction of sp³-hybridized carbons (Fsp3) is 0.625. The van der Waals surface area contributed by atoms with Gasteiger partial charge < -0.3 is 14.8 Å². The molecule has 2 aliphatic rings. The summed E-state index contributed by atoms with van der Waals surface area (Å²) in [5, 5.41) is 3.81. The molecule has 3 rings (SSSR count). The molecule has 1 saturated heterocycles. The minimum Gasteiger partial charge on any atom is -0.493 e. The van der Waals surface area contributed by atoms with Crippen molar-refractivity contribution >= 4 is 0 Å². The summed E-state index contributed by atoms with van der Waals surface area (Å²) in [5.41, 5.74) is 1.30. The van der Waals surface area contributed by atoms with Crippen molar-refractivity contribution in [2.75, 3.05) is 13.2 Å². The molecule has 0 saturated carbocycles. The zero-order valence-electron chi connectivity index (χ0n) is 11.8. The van der Waals surface area contributed by atoms with Crippen molar-refractivity contribution in [1.82, 2.24) is 5.32 Å². The highest BCUT2D eigenvalue weighted by Gasteiger charge is 2.31. The predicted molar refractivity (Wildman–Crippen MR) is 75.5 cm³/mol. The van der Waals surface area contributed by atoms with E-state index in [1.54, 1.807) is 0 Å². The minimum atomic E-state index is 0.000597. The van der Waals surface area contributed by atoms with Gasteiger partial charge in [-0.15, -0.1) is 0 Å². The zero-order chi connectivity index (χ0) is 13.3. The first-order valence-electron chi connectivity index (χ1n) is 7.26. The first-order valence-corrected chi connectivity index (χ1v) is 7.26. The highest BCUT2D eigenvalue weighted by atomic mass is 16.5. The van der Waals surface area contributed by atoms with Crippen LogP contribution in [0.2, 0.25) is 0 Å². The molecule has 0 spiro atoms. The maximum absolute atomic E-state index is 5.79. The summed E-state index contributed by atoms with van der Waals surface area (Å²) in [6.07, 6.45) is 3.23. The van der Waals surface area contributed by atoms with E-state index in [2.05, 4.69) is 37.4 Å². The van der Waals surface area contributed by atoms with Crippen LogP contribution in [0, 0.1) is 0 Å². The second-order valence-corrected chi connectivity index (χ2v) is 6.19. The third-order valence-electron chi connectivity index (χ3n) is 4.09. The molecule has 3 heteroatoms. The molecule has 104 valence electrons. The molecule has 2 aliphatic heterocycles. The van der Waals surface area contributed by atoms with E-state index in [4.69, 9.17) is 9.47 Å². The number of benzene rings is 1. The van der Waals surface area contributed by atoms with Gasteiger partial charge in [-0.05, 0) is 32.8 Å². The van der Waals surface area contributed by atoms with Crippen molar-refractivity contribution in [3.8, 4) is 5.75 Å². The normalized spacial score (nSPS) is 29.4. The van der Waals surface area contributed by atoms with Crippen LogP contribution in [0.3, 0.4) is 0 Å². The van der Waals surface area contributed by atoms with E-state index in [1.165, 1.54) is 5.56 Å². The van der Waals surface area contributed by atoms with Crippen molar-refractivity contribution in [3.63, 3.8) is 0 Å². The molecule has 1 N–H and O–H groups in total. The molecule has 3 nitrogen and oxygen atoms in total. The summed E-state index contributed by atoms with van der Waals surface area (Å²) in [7, 11) is 0. The maximum atomic E-state index is 5.79. The van der Waals surface area contributed by atoms with Gasteiger partial charge in [-0.1, -0.05) is 18.2 Å². The van der Waals surface area contributed by atoms with Gasteiger partial charge in [-0.3, -0.25) is 0 Å². The maximum Gasteiger partial charge on any atom is 0.124 e. The average molecular weight is 261 g/mol.